The zero-order chi connectivity index (χ0) is 16.0. The van der Waals surface area contributed by atoms with Crippen molar-refractivity contribution in [3.63, 3.8) is 0 Å². The van der Waals surface area contributed by atoms with Crippen molar-refractivity contribution in [2.24, 2.45) is 0 Å². The maximum Gasteiger partial charge on any atom is 0.257 e. The first-order valence-corrected chi connectivity index (χ1v) is 7.61. The number of nitrogens with zero attached hydrogens (tertiary/aromatic N) is 2. The summed E-state index contributed by atoms with van der Waals surface area (Å²) in [6, 6.07) is 19.0. The number of hydrogen-bond donors (Lipinski definition) is 0. The lowest BCUT2D eigenvalue weighted by Gasteiger charge is -2.48. The number of carbonyl (C=O) groups excluding carboxylic acids is 2. The normalized spacial score (nSPS) is 19.7. The van der Waals surface area contributed by atoms with E-state index in [4.69, 9.17) is 0 Å². The van der Waals surface area contributed by atoms with Crippen molar-refractivity contribution in [1.29, 1.82) is 0 Å². The fourth-order valence-electron chi connectivity index (χ4n) is 3.31. The van der Waals surface area contributed by atoms with Crippen molar-refractivity contribution in [3.05, 3.63) is 77.4 Å². The van der Waals surface area contributed by atoms with Crippen LogP contribution in [0.1, 0.15) is 22.8 Å². The summed E-state index contributed by atoms with van der Waals surface area (Å²) < 4.78 is 0. The van der Waals surface area contributed by atoms with Crippen molar-refractivity contribution >= 4 is 17.4 Å². The summed E-state index contributed by atoms with van der Waals surface area (Å²) in [6.07, 6.45) is -0.280. The van der Waals surface area contributed by atoms with E-state index in [1.165, 1.54) is 0 Å². The fourth-order valence-corrected chi connectivity index (χ4v) is 3.31. The third-order valence-electron chi connectivity index (χ3n) is 4.51. The number of fused-ring (bicyclic) bond motifs is 1. The van der Waals surface area contributed by atoms with Gasteiger partial charge in [-0.3, -0.25) is 19.4 Å². The molecule has 4 rings (SSSR count). The highest BCUT2D eigenvalue weighted by Crippen LogP contribution is 2.41. The van der Waals surface area contributed by atoms with Gasteiger partial charge in [-0.05, 0) is 24.6 Å². The van der Waals surface area contributed by atoms with Gasteiger partial charge in [0.1, 0.15) is 12.8 Å². The Bertz CT molecular complexity index is 812. The second kappa shape index (κ2) is 5.09. The maximum atomic E-state index is 12.7. The lowest BCUT2D eigenvalue weighted by atomic mass is 9.98. The molecular formula is C19H16N2O2. The van der Waals surface area contributed by atoms with Gasteiger partial charge in [-0.15, -0.1) is 0 Å². The molecule has 4 heteroatoms. The molecule has 2 heterocycles. The monoisotopic (exact) mass is 304 g/mol. The first-order chi connectivity index (χ1) is 11.2. The Morgan fingerprint density at radius 3 is 2.26 bits per heavy atom. The molecular weight excluding hydrogens is 288 g/mol. The molecule has 1 unspecified atom stereocenters. The van der Waals surface area contributed by atoms with Crippen LogP contribution < -0.4 is 0 Å². The number of benzene rings is 2. The van der Waals surface area contributed by atoms with Crippen molar-refractivity contribution in [2.75, 3.05) is 6.67 Å². The van der Waals surface area contributed by atoms with E-state index in [1.807, 2.05) is 55.5 Å². The average Bonchev–Trinajstić information content (AvgIpc) is 2.77. The zero-order valence-electron chi connectivity index (χ0n) is 12.8. The molecule has 0 N–H and O–H groups in total. The number of carbonyl (C=O) groups is 2. The molecule has 1 saturated heterocycles. The van der Waals surface area contributed by atoms with Crippen LogP contribution in [-0.2, 0) is 4.79 Å². The zero-order valence-corrected chi connectivity index (χ0v) is 12.8. The smallest absolute Gasteiger partial charge is 0.257 e. The molecule has 0 spiro atoms. The van der Waals surface area contributed by atoms with Gasteiger partial charge in [-0.1, -0.05) is 48.5 Å². The molecule has 2 aliphatic heterocycles. The van der Waals surface area contributed by atoms with E-state index in [0.717, 1.165) is 16.7 Å². The fraction of sp³-hybridized carbons (Fsp3) is 0.158. The van der Waals surface area contributed by atoms with Gasteiger partial charge in [0, 0.05) is 16.7 Å². The van der Waals surface area contributed by atoms with Gasteiger partial charge >= 0.3 is 0 Å². The first-order valence-electron chi connectivity index (χ1n) is 7.61. The van der Waals surface area contributed by atoms with Gasteiger partial charge in [0.05, 0.1) is 0 Å². The summed E-state index contributed by atoms with van der Waals surface area (Å²) in [5.74, 6) is -0.0197. The Hall–Kier alpha value is -2.88. The Balaban J connectivity index is 1.71. The van der Waals surface area contributed by atoms with E-state index in [-0.39, 0.29) is 18.0 Å². The predicted octanol–water partition coefficient (Wildman–Crippen LogP) is 2.74. The summed E-state index contributed by atoms with van der Waals surface area (Å²) in [5, 5.41) is 0. The van der Waals surface area contributed by atoms with Gasteiger partial charge in [0.2, 0.25) is 0 Å². The molecule has 2 aromatic rings. The lowest BCUT2D eigenvalue weighted by molar-refractivity contribution is -0.141. The molecule has 2 aromatic carbocycles. The highest BCUT2D eigenvalue weighted by Gasteiger charge is 2.51. The first kappa shape index (κ1) is 13.8. The molecule has 0 radical (unpaired) electrons. The molecule has 0 saturated carbocycles. The number of rotatable bonds is 2. The predicted molar refractivity (Wildman–Crippen MR) is 87.1 cm³/mol. The van der Waals surface area contributed by atoms with Crippen molar-refractivity contribution in [1.82, 2.24) is 9.80 Å². The van der Waals surface area contributed by atoms with E-state index in [9.17, 15) is 9.59 Å². The van der Waals surface area contributed by atoms with Crippen LogP contribution in [0.4, 0.5) is 0 Å². The van der Waals surface area contributed by atoms with Crippen molar-refractivity contribution in [2.45, 2.75) is 13.1 Å². The van der Waals surface area contributed by atoms with Crippen molar-refractivity contribution < 1.29 is 9.59 Å². The third kappa shape index (κ3) is 1.99. The van der Waals surface area contributed by atoms with E-state index in [1.54, 1.807) is 21.9 Å². The summed E-state index contributed by atoms with van der Waals surface area (Å²) in [4.78, 5) is 28.6. The highest BCUT2D eigenvalue weighted by atomic mass is 16.2. The van der Waals surface area contributed by atoms with Crippen LogP contribution in [0.5, 0.6) is 0 Å². The summed E-state index contributed by atoms with van der Waals surface area (Å²) in [5.41, 5.74) is 3.31. The third-order valence-corrected chi connectivity index (χ3v) is 4.51. The summed E-state index contributed by atoms with van der Waals surface area (Å²) in [7, 11) is 0. The second-order valence-corrected chi connectivity index (χ2v) is 5.84. The Labute approximate surface area is 134 Å². The quantitative estimate of drug-likeness (QED) is 0.856. The minimum atomic E-state index is -0.280. The molecule has 0 aromatic heterocycles. The Morgan fingerprint density at radius 2 is 1.61 bits per heavy atom. The summed E-state index contributed by atoms with van der Waals surface area (Å²) >= 11 is 0. The van der Waals surface area contributed by atoms with Gasteiger partial charge in [0.15, 0.2) is 0 Å². The number of amides is 2. The van der Waals surface area contributed by atoms with Crippen LogP contribution in [0.15, 0.2) is 66.2 Å². The van der Waals surface area contributed by atoms with Gasteiger partial charge in [-0.2, -0.15) is 0 Å². The lowest BCUT2D eigenvalue weighted by Crippen LogP contribution is -2.65. The largest absolute Gasteiger partial charge is 0.296 e. The molecule has 1 fully saturated rings. The van der Waals surface area contributed by atoms with Crippen LogP contribution in [0.25, 0.3) is 5.57 Å². The van der Waals surface area contributed by atoms with Gasteiger partial charge < -0.3 is 0 Å². The van der Waals surface area contributed by atoms with Crippen molar-refractivity contribution in [3.8, 4) is 0 Å². The second-order valence-electron chi connectivity index (χ2n) is 5.84. The van der Waals surface area contributed by atoms with Crippen LogP contribution >= 0.6 is 0 Å². The minimum Gasteiger partial charge on any atom is -0.296 e. The SMILES string of the molecule is CC1=C(c2ccccc2)C2N(CN2C(=O)c2ccccc2)C1=O. The molecule has 0 bridgehead atoms. The van der Waals surface area contributed by atoms with Crippen LogP contribution in [0.2, 0.25) is 0 Å². The maximum absolute atomic E-state index is 12.7. The van der Waals surface area contributed by atoms with E-state index in [0.29, 0.717) is 12.2 Å². The van der Waals surface area contributed by atoms with Gasteiger partial charge in [-0.25, -0.2) is 0 Å². The van der Waals surface area contributed by atoms with E-state index < -0.39 is 0 Å². The van der Waals surface area contributed by atoms with E-state index >= 15 is 0 Å². The standard InChI is InChI=1S/C19H16N2O2/c1-13-16(14-8-4-2-5-9-14)17-20(18(13)22)12-21(17)19(23)15-10-6-3-7-11-15/h2-11,17H,12H2,1H3. The molecule has 114 valence electrons. The van der Waals surface area contributed by atoms with E-state index in [2.05, 4.69) is 0 Å². The Kier molecular flexibility index (Phi) is 3.05. The topological polar surface area (TPSA) is 40.6 Å². The molecule has 2 amide bonds. The average molecular weight is 304 g/mol. The van der Waals surface area contributed by atoms with Crippen LogP contribution in [0, 0.1) is 0 Å². The van der Waals surface area contributed by atoms with Crippen LogP contribution in [0.3, 0.4) is 0 Å². The molecule has 23 heavy (non-hydrogen) atoms. The van der Waals surface area contributed by atoms with Gasteiger partial charge in [0.25, 0.3) is 11.8 Å². The minimum absolute atomic E-state index is 0.0194. The highest BCUT2D eigenvalue weighted by molar-refractivity contribution is 6.09. The Morgan fingerprint density at radius 1 is 1.00 bits per heavy atom. The molecule has 4 nitrogen and oxygen atoms in total. The van der Waals surface area contributed by atoms with Crippen LogP contribution in [-0.4, -0.2) is 34.4 Å². The number of hydrogen-bond acceptors (Lipinski definition) is 2. The molecule has 1 atom stereocenters. The summed E-state index contributed by atoms with van der Waals surface area (Å²) in [6.45, 7) is 2.19. The molecule has 2 aliphatic rings. The molecule has 0 aliphatic carbocycles.